The lowest BCUT2D eigenvalue weighted by atomic mass is 10.0. The summed E-state index contributed by atoms with van der Waals surface area (Å²) in [7, 11) is 0. The third-order valence-electron chi connectivity index (χ3n) is 3.01. The summed E-state index contributed by atoms with van der Waals surface area (Å²) in [5, 5.41) is 3.18. The van der Waals surface area contributed by atoms with E-state index in [1.54, 1.807) is 31.5 Å². The van der Waals surface area contributed by atoms with Gasteiger partial charge in [-0.25, -0.2) is 13.8 Å². The molecule has 0 amide bonds. The summed E-state index contributed by atoms with van der Waals surface area (Å²) in [6, 6.07) is 2.71. The van der Waals surface area contributed by atoms with Crippen LogP contribution in [0, 0.1) is 18.6 Å². The standard InChI is InChI=1S/C14H17F2N3/c1-3-6-17-13(14-18-7-8-19-14)10-5-4-9(2)11(15)12(10)16/h4-5,7-8,13,17H,3,6H2,1-2H3,(H,18,19). The van der Waals surface area contributed by atoms with E-state index in [-0.39, 0.29) is 5.56 Å². The number of halogens is 2. The maximum Gasteiger partial charge on any atom is 0.164 e. The molecule has 2 aromatic rings. The third-order valence-corrected chi connectivity index (χ3v) is 3.01. The molecular formula is C14H17F2N3. The van der Waals surface area contributed by atoms with Gasteiger partial charge in [0.25, 0.3) is 0 Å². The summed E-state index contributed by atoms with van der Waals surface area (Å²) in [6.45, 7) is 4.25. The number of H-pyrrole nitrogens is 1. The predicted octanol–water partition coefficient (Wildman–Crippen LogP) is 3.09. The zero-order valence-electron chi connectivity index (χ0n) is 11.0. The SMILES string of the molecule is CCCNC(c1ncc[nH]1)c1ccc(C)c(F)c1F. The van der Waals surface area contributed by atoms with Gasteiger partial charge in [-0.15, -0.1) is 0 Å². The first kappa shape index (κ1) is 13.7. The molecule has 0 aliphatic heterocycles. The van der Waals surface area contributed by atoms with Crippen molar-refractivity contribution in [2.75, 3.05) is 6.54 Å². The number of nitrogens with one attached hydrogen (secondary N) is 2. The summed E-state index contributed by atoms with van der Waals surface area (Å²) in [4.78, 5) is 7.08. The van der Waals surface area contributed by atoms with Gasteiger partial charge in [-0.05, 0) is 25.5 Å². The molecule has 2 N–H and O–H groups in total. The van der Waals surface area contributed by atoms with E-state index < -0.39 is 17.7 Å². The highest BCUT2D eigenvalue weighted by Gasteiger charge is 2.22. The van der Waals surface area contributed by atoms with E-state index in [0.717, 1.165) is 6.42 Å². The van der Waals surface area contributed by atoms with Gasteiger partial charge in [0.15, 0.2) is 11.6 Å². The molecule has 1 atom stereocenters. The Bertz CT molecular complexity index is 538. The third kappa shape index (κ3) is 2.81. The van der Waals surface area contributed by atoms with Gasteiger partial charge in [0.2, 0.25) is 0 Å². The van der Waals surface area contributed by atoms with E-state index in [4.69, 9.17) is 0 Å². The van der Waals surface area contributed by atoms with Crippen LogP contribution >= 0.6 is 0 Å². The molecule has 1 unspecified atom stereocenters. The molecule has 2 rings (SSSR count). The number of imidazole rings is 1. The van der Waals surface area contributed by atoms with Crippen molar-refractivity contribution in [1.29, 1.82) is 0 Å². The van der Waals surface area contributed by atoms with Crippen LogP contribution in [0.1, 0.15) is 36.3 Å². The Balaban J connectivity index is 2.41. The van der Waals surface area contributed by atoms with Crippen LogP contribution in [0.15, 0.2) is 24.5 Å². The molecule has 0 radical (unpaired) electrons. The molecule has 5 heteroatoms. The smallest absolute Gasteiger partial charge is 0.164 e. The van der Waals surface area contributed by atoms with Crippen LogP contribution in [-0.4, -0.2) is 16.5 Å². The van der Waals surface area contributed by atoms with Crippen molar-refractivity contribution in [3.8, 4) is 0 Å². The quantitative estimate of drug-likeness (QED) is 0.872. The van der Waals surface area contributed by atoms with Crippen molar-refractivity contribution in [1.82, 2.24) is 15.3 Å². The summed E-state index contributed by atoms with van der Waals surface area (Å²) in [5.41, 5.74) is 0.571. The Kier molecular flexibility index (Phi) is 4.27. The zero-order valence-corrected chi connectivity index (χ0v) is 11.0. The van der Waals surface area contributed by atoms with Crippen molar-refractivity contribution < 1.29 is 8.78 Å². The van der Waals surface area contributed by atoms with Crippen molar-refractivity contribution >= 4 is 0 Å². The van der Waals surface area contributed by atoms with Crippen LogP contribution in [0.25, 0.3) is 0 Å². The minimum absolute atomic E-state index is 0.270. The van der Waals surface area contributed by atoms with Crippen LogP contribution in [0.5, 0.6) is 0 Å². The lowest BCUT2D eigenvalue weighted by Gasteiger charge is -2.18. The van der Waals surface area contributed by atoms with Gasteiger partial charge in [-0.2, -0.15) is 0 Å². The number of aromatic nitrogens is 2. The molecule has 1 heterocycles. The number of aryl methyl sites for hydroxylation is 1. The fourth-order valence-electron chi connectivity index (χ4n) is 1.96. The van der Waals surface area contributed by atoms with Crippen molar-refractivity contribution in [3.63, 3.8) is 0 Å². The molecule has 3 nitrogen and oxygen atoms in total. The molecular weight excluding hydrogens is 248 g/mol. The summed E-state index contributed by atoms with van der Waals surface area (Å²) in [5.74, 6) is -1.03. The van der Waals surface area contributed by atoms with E-state index in [2.05, 4.69) is 15.3 Å². The van der Waals surface area contributed by atoms with Crippen LogP contribution in [0.3, 0.4) is 0 Å². The molecule has 19 heavy (non-hydrogen) atoms. The fourth-order valence-corrected chi connectivity index (χ4v) is 1.96. The highest BCUT2D eigenvalue weighted by atomic mass is 19.2. The monoisotopic (exact) mass is 265 g/mol. The molecule has 102 valence electrons. The lowest BCUT2D eigenvalue weighted by Crippen LogP contribution is -2.25. The largest absolute Gasteiger partial charge is 0.347 e. The summed E-state index contributed by atoms with van der Waals surface area (Å²) < 4.78 is 27.8. The first-order valence-corrected chi connectivity index (χ1v) is 6.32. The van der Waals surface area contributed by atoms with Gasteiger partial charge in [0, 0.05) is 18.0 Å². The maximum atomic E-state index is 14.1. The second-order valence-corrected chi connectivity index (χ2v) is 4.46. The molecule has 0 aliphatic carbocycles. The summed E-state index contributed by atoms with van der Waals surface area (Å²) in [6.07, 6.45) is 4.16. The Morgan fingerprint density at radius 1 is 1.32 bits per heavy atom. The predicted molar refractivity (Wildman–Crippen MR) is 69.8 cm³/mol. The highest BCUT2D eigenvalue weighted by Crippen LogP contribution is 2.25. The molecule has 0 fully saturated rings. The topological polar surface area (TPSA) is 40.7 Å². The average Bonchev–Trinajstić information content (AvgIpc) is 2.92. The molecule has 0 saturated heterocycles. The molecule has 1 aromatic heterocycles. The van der Waals surface area contributed by atoms with Gasteiger partial charge in [0.05, 0.1) is 6.04 Å². The highest BCUT2D eigenvalue weighted by molar-refractivity contribution is 5.31. The number of hydrogen-bond donors (Lipinski definition) is 2. The number of hydrogen-bond acceptors (Lipinski definition) is 2. The number of rotatable bonds is 5. The molecule has 0 aliphatic rings. The van der Waals surface area contributed by atoms with E-state index in [1.807, 2.05) is 6.92 Å². The van der Waals surface area contributed by atoms with E-state index in [9.17, 15) is 8.78 Å². The Morgan fingerprint density at radius 2 is 2.11 bits per heavy atom. The van der Waals surface area contributed by atoms with Crippen LogP contribution in [-0.2, 0) is 0 Å². The van der Waals surface area contributed by atoms with Crippen molar-refractivity contribution in [3.05, 3.63) is 53.1 Å². The van der Waals surface area contributed by atoms with Gasteiger partial charge in [-0.3, -0.25) is 0 Å². The first-order valence-electron chi connectivity index (χ1n) is 6.32. The number of aromatic amines is 1. The Morgan fingerprint density at radius 3 is 2.74 bits per heavy atom. The van der Waals surface area contributed by atoms with Gasteiger partial charge < -0.3 is 10.3 Å². The molecule has 0 spiro atoms. The van der Waals surface area contributed by atoms with Crippen molar-refractivity contribution in [2.45, 2.75) is 26.3 Å². The van der Waals surface area contributed by atoms with Gasteiger partial charge in [-0.1, -0.05) is 19.1 Å². The van der Waals surface area contributed by atoms with Gasteiger partial charge in [0.1, 0.15) is 5.82 Å². The number of nitrogens with zero attached hydrogens (tertiary/aromatic N) is 1. The van der Waals surface area contributed by atoms with E-state index in [0.29, 0.717) is 17.9 Å². The minimum Gasteiger partial charge on any atom is -0.347 e. The average molecular weight is 265 g/mol. The van der Waals surface area contributed by atoms with Crippen LogP contribution in [0.2, 0.25) is 0 Å². The maximum absolute atomic E-state index is 14.1. The second kappa shape index (κ2) is 5.93. The lowest BCUT2D eigenvalue weighted by molar-refractivity contribution is 0.472. The molecule has 1 aromatic carbocycles. The van der Waals surface area contributed by atoms with Gasteiger partial charge >= 0.3 is 0 Å². The van der Waals surface area contributed by atoms with Crippen molar-refractivity contribution in [2.24, 2.45) is 0 Å². The second-order valence-electron chi connectivity index (χ2n) is 4.46. The molecule has 0 saturated carbocycles. The summed E-state index contributed by atoms with van der Waals surface area (Å²) >= 11 is 0. The van der Waals surface area contributed by atoms with E-state index in [1.165, 1.54) is 0 Å². The normalized spacial score (nSPS) is 12.6. The molecule has 0 bridgehead atoms. The Hall–Kier alpha value is -1.75. The van der Waals surface area contributed by atoms with E-state index >= 15 is 0 Å². The van der Waals surface area contributed by atoms with Crippen LogP contribution < -0.4 is 5.32 Å². The first-order chi connectivity index (χ1) is 9.15. The Labute approximate surface area is 111 Å². The minimum atomic E-state index is -0.815. The van der Waals surface area contributed by atoms with Crippen LogP contribution in [0.4, 0.5) is 8.78 Å². The zero-order chi connectivity index (χ0) is 13.8. The number of benzene rings is 1. The fraction of sp³-hybridized carbons (Fsp3) is 0.357.